The second kappa shape index (κ2) is 12.7. The molecule has 0 aromatic rings. The first-order valence-corrected chi connectivity index (χ1v) is 34.6. The van der Waals surface area contributed by atoms with E-state index in [4.69, 9.17) is 25.9 Å². The summed E-state index contributed by atoms with van der Waals surface area (Å²) in [5.41, 5.74) is 7.52. The van der Waals surface area contributed by atoms with Crippen molar-refractivity contribution in [2.75, 3.05) is 0 Å². The fraction of sp³-hybridized carbons (Fsp3) is 0.750. The Labute approximate surface area is 273 Å². The molecule has 2 unspecified atom stereocenters. The minimum atomic E-state index is -4.91. The van der Waals surface area contributed by atoms with E-state index < -0.39 is 32.5 Å². The average Bonchev–Trinajstić information content (AvgIpc) is 3.56. The molecule has 0 bridgehead atoms. The van der Waals surface area contributed by atoms with E-state index in [0.29, 0.717) is 0 Å². The first-order valence-electron chi connectivity index (χ1n) is 18.1. The van der Waals surface area contributed by atoms with Crippen LogP contribution in [0.15, 0.2) is 46.0 Å². The van der Waals surface area contributed by atoms with Crippen LogP contribution in [0.4, 0.5) is 0 Å². The first-order chi connectivity index (χ1) is 20.4. The van der Waals surface area contributed by atoms with Crippen LogP contribution in [0.25, 0.3) is 0 Å². The fourth-order valence-corrected chi connectivity index (χ4v) is 32.5. The van der Waals surface area contributed by atoms with Gasteiger partial charge in [0.1, 0.15) is 0 Å². The normalized spacial score (nSPS) is 28.4. The summed E-state index contributed by atoms with van der Waals surface area (Å²) in [6.45, 7) is 12.1. The van der Waals surface area contributed by atoms with Gasteiger partial charge in [-0.3, -0.25) is 0 Å². The van der Waals surface area contributed by atoms with Crippen molar-refractivity contribution in [3.63, 3.8) is 0 Å². The molecule has 0 amide bonds. The van der Waals surface area contributed by atoms with E-state index in [1.54, 1.807) is 0 Å². The van der Waals surface area contributed by atoms with Gasteiger partial charge in [-0.2, -0.15) is 0 Å². The fourth-order valence-electron chi connectivity index (χ4n) is 10.0. The van der Waals surface area contributed by atoms with E-state index in [1.165, 1.54) is 112 Å². The van der Waals surface area contributed by atoms with Gasteiger partial charge < -0.3 is 0 Å². The van der Waals surface area contributed by atoms with E-state index in [0.717, 1.165) is 48.3 Å². The summed E-state index contributed by atoms with van der Waals surface area (Å²) in [5, 5.41) is 0. The van der Waals surface area contributed by atoms with Crippen molar-refractivity contribution in [1.29, 1.82) is 0 Å². The predicted octanol–water partition coefficient (Wildman–Crippen LogP) is 13.0. The quantitative estimate of drug-likeness (QED) is 0.231. The number of halogens is 2. The van der Waals surface area contributed by atoms with Crippen LogP contribution in [-0.2, 0) is 24.8 Å². The molecule has 0 N–H and O–H groups in total. The van der Waals surface area contributed by atoms with Crippen molar-refractivity contribution in [3.05, 3.63) is 46.0 Å². The Morgan fingerprint density at radius 3 is 1.35 bits per heavy atom. The molecule has 6 aliphatic carbocycles. The Hall–Kier alpha value is 0.327. The topological polar surface area (TPSA) is 18.5 Å². The zero-order valence-corrected chi connectivity index (χ0v) is 33.8. The van der Waals surface area contributed by atoms with Gasteiger partial charge in [-0.25, -0.2) is 0 Å². The van der Waals surface area contributed by atoms with Gasteiger partial charge in [0.2, 0.25) is 0 Å². The van der Waals surface area contributed by atoms with E-state index >= 15 is 0 Å². The molecule has 7 heteroatoms. The Morgan fingerprint density at radius 1 is 0.605 bits per heavy atom. The third kappa shape index (κ3) is 6.32. The molecule has 0 aliphatic heterocycles. The molecule has 2 nitrogen and oxygen atoms in total. The van der Waals surface area contributed by atoms with Gasteiger partial charge in [-0.15, -0.1) is 0 Å². The van der Waals surface area contributed by atoms with Crippen molar-refractivity contribution in [1.82, 2.24) is 0 Å². The molecule has 2 atom stereocenters. The second-order valence-electron chi connectivity index (χ2n) is 16.1. The Kier molecular flexibility index (Phi) is 9.85. The van der Waals surface area contributed by atoms with Crippen LogP contribution in [0.5, 0.6) is 0 Å². The van der Waals surface area contributed by atoms with Crippen LogP contribution in [0.1, 0.15) is 122 Å². The molecular weight excluding hydrogens is 683 g/mol. The summed E-state index contributed by atoms with van der Waals surface area (Å²) in [7, 11) is 13.0. The van der Waals surface area contributed by atoms with E-state index in [1.807, 2.05) is 0 Å². The molecule has 0 saturated heterocycles. The molecule has 43 heavy (non-hydrogen) atoms. The molecule has 0 radical (unpaired) electrons. The van der Waals surface area contributed by atoms with Gasteiger partial charge in [0.05, 0.1) is 0 Å². The van der Waals surface area contributed by atoms with E-state index in [9.17, 15) is 0 Å². The van der Waals surface area contributed by atoms with Crippen LogP contribution < -0.4 is 0 Å². The van der Waals surface area contributed by atoms with Crippen molar-refractivity contribution in [3.8, 4) is 0 Å². The first kappa shape index (κ1) is 33.2. The summed E-state index contributed by atoms with van der Waals surface area (Å²) in [6, 6.07) is 0. The third-order valence-electron chi connectivity index (χ3n) is 12.6. The van der Waals surface area contributed by atoms with Crippen LogP contribution in [-0.4, -0.2) is 20.3 Å². The van der Waals surface area contributed by atoms with Crippen molar-refractivity contribution >= 4 is 37.4 Å². The standard InChI is InChI=1S/2C17H27OSi.C2H4.2ClH.Zr/c2*1-19(2,17-10-4-3-5-11-17)18-16-12-14-8-6-7-9-15(14)13-16;1-2;;;/h2*12-13,17H,3-11H2,1-2H3;1H,2H3;2*1H;/q;;;;;+2/p-2. The number of rotatable bonds is 8. The molecule has 0 heterocycles. The Morgan fingerprint density at radius 2 is 0.977 bits per heavy atom. The van der Waals surface area contributed by atoms with Crippen molar-refractivity contribution < 1.29 is 24.8 Å². The minimum absolute atomic E-state index is 0.0469. The van der Waals surface area contributed by atoms with Gasteiger partial charge in [-0.1, -0.05) is 0 Å². The van der Waals surface area contributed by atoms with Crippen LogP contribution in [0.3, 0.4) is 0 Å². The Balaban J connectivity index is 1.41. The summed E-state index contributed by atoms with van der Waals surface area (Å²) in [5.74, 6) is 2.33. The van der Waals surface area contributed by atoms with Crippen molar-refractivity contribution in [2.45, 2.75) is 167 Å². The van der Waals surface area contributed by atoms with Gasteiger partial charge in [0, 0.05) is 0 Å². The molecule has 2 fully saturated rings. The molecule has 6 aliphatic rings. The summed E-state index contributed by atoms with van der Waals surface area (Å²) in [4.78, 5) is 0. The summed E-state index contributed by atoms with van der Waals surface area (Å²) < 4.78 is 17.3. The van der Waals surface area contributed by atoms with E-state index in [-0.39, 0.29) is 7.25 Å². The maximum absolute atomic E-state index is 8.49. The van der Waals surface area contributed by atoms with Gasteiger partial charge in [0.15, 0.2) is 0 Å². The molecule has 0 spiro atoms. The molecular formula is C36H58Cl2O2Si2Zr. The molecule has 2 saturated carbocycles. The maximum atomic E-state index is 8.49. The van der Waals surface area contributed by atoms with Crippen molar-refractivity contribution in [2.24, 2.45) is 0 Å². The zero-order valence-electron chi connectivity index (χ0n) is 27.8. The summed E-state index contributed by atoms with van der Waals surface area (Å²) >= 11 is -4.91. The zero-order chi connectivity index (χ0) is 30.5. The number of hydrogen-bond donors (Lipinski definition) is 0. The summed E-state index contributed by atoms with van der Waals surface area (Å²) in [6.07, 6.45) is 27.9. The van der Waals surface area contributed by atoms with Gasteiger partial charge >= 0.3 is 275 Å². The number of hydrogen-bond acceptors (Lipinski definition) is 2. The SMILES string of the molecule is C[CH]=[Zr]([Cl])([Cl])([CH]1C(O[Si](C)(C)C2CCCCC2)=CC2=C1CCCC2)[CH]1C(O[Si](C)(C)C2CCCCC2)=CC2=C1CCCC2. The average molecular weight is 741 g/mol. The van der Waals surface area contributed by atoms with E-state index in [2.05, 4.69) is 49.0 Å². The van der Waals surface area contributed by atoms with Gasteiger partial charge in [-0.05, 0) is 0 Å². The van der Waals surface area contributed by atoms with Crippen LogP contribution >= 0.6 is 17.0 Å². The number of allylic oxidation sites excluding steroid dienone is 6. The molecule has 0 aromatic carbocycles. The third-order valence-corrected chi connectivity index (χ3v) is 38.2. The monoisotopic (exact) mass is 738 g/mol. The Bertz CT molecular complexity index is 1200. The molecule has 6 rings (SSSR count). The predicted molar refractivity (Wildman–Crippen MR) is 189 cm³/mol. The van der Waals surface area contributed by atoms with Crippen LogP contribution in [0.2, 0.25) is 44.5 Å². The molecule has 240 valence electrons. The molecule has 0 aromatic heterocycles. The second-order valence-corrected chi connectivity index (χ2v) is 45.9. The van der Waals surface area contributed by atoms with Gasteiger partial charge in [0.25, 0.3) is 0 Å². The van der Waals surface area contributed by atoms with Crippen LogP contribution in [0, 0.1) is 0 Å².